The Hall–Kier alpha value is -2.58. The first-order valence-electron chi connectivity index (χ1n) is 6.90. The third-order valence-electron chi connectivity index (χ3n) is 3.34. The number of oxazole rings is 1. The lowest BCUT2D eigenvalue weighted by Crippen LogP contribution is -1.98. The highest BCUT2D eigenvalue weighted by atomic mass is 32.1. The lowest BCUT2D eigenvalue weighted by molar-refractivity contribution is 0.573. The minimum Gasteiger partial charge on any atom is -0.444 e. The summed E-state index contributed by atoms with van der Waals surface area (Å²) in [7, 11) is 0. The number of rotatable bonds is 4. The molecular weight excluding hydrogens is 294 g/mol. The second kappa shape index (κ2) is 6.04. The quantitative estimate of drug-likeness (QED) is 0.770. The number of anilines is 1. The van der Waals surface area contributed by atoms with Crippen molar-refractivity contribution >= 4 is 17.0 Å². The molecule has 0 bridgehead atoms. The molecule has 0 amide bonds. The predicted molar refractivity (Wildman–Crippen MR) is 87.8 cm³/mol. The minimum absolute atomic E-state index is 0.640. The van der Waals surface area contributed by atoms with Gasteiger partial charge in [-0.2, -0.15) is 5.26 Å². The molecule has 0 fully saturated rings. The van der Waals surface area contributed by atoms with Gasteiger partial charge in [0.2, 0.25) is 5.89 Å². The van der Waals surface area contributed by atoms with Crippen LogP contribution in [0.1, 0.15) is 21.7 Å². The fourth-order valence-corrected chi connectivity index (χ4v) is 2.91. The molecule has 0 aliphatic rings. The monoisotopic (exact) mass is 309 g/mol. The van der Waals surface area contributed by atoms with E-state index < -0.39 is 0 Å². The molecule has 2 heterocycles. The number of hydrogen-bond donors (Lipinski definition) is 1. The van der Waals surface area contributed by atoms with Crippen LogP contribution in [0.15, 0.2) is 40.3 Å². The number of aryl methyl sites for hydroxylation is 2. The first-order chi connectivity index (χ1) is 10.7. The fourth-order valence-electron chi connectivity index (χ4n) is 2.16. The van der Waals surface area contributed by atoms with Gasteiger partial charge in [-0.15, -0.1) is 11.3 Å². The Bertz CT molecular complexity index is 842. The summed E-state index contributed by atoms with van der Waals surface area (Å²) in [6.45, 7) is 4.64. The molecule has 0 aliphatic heterocycles. The van der Waals surface area contributed by atoms with Crippen LogP contribution in [-0.2, 0) is 6.54 Å². The van der Waals surface area contributed by atoms with Crippen LogP contribution in [0.5, 0.6) is 0 Å². The molecule has 0 saturated carbocycles. The molecule has 0 unspecified atom stereocenters. The van der Waals surface area contributed by atoms with E-state index in [0.29, 0.717) is 18.0 Å². The van der Waals surface area contributed by atoms with E-state index in [1.807, 2.05) is 43.5 Å². The van der Waals surface area contributed by atoms with Crippen molar-refractivity contribution in [2.75, 3.05) is 5.32 Å². The van der Waals surface area contributed by atoms with Crippen molar-refractivity contribution in [2.45, 2.75) is 20.4 Å². The highest BCUT2D eigenvalue weighted by Gasteiger charge is 2.09. The average Bonchev–Trinajstić information content (AvgIpc) is 3.15. The lowest BCUT2D eigenvalue weighted by Gasteiger charge is -2.08. The van der Waals surface area contributed by atoms with E-state index in [1.165, 1.54) is 0 Å². The van der Waals surface area contributed by atoms with Gasteiger partial charge >= 0.3 is 0 Å². The molecule has 22 heavy (non-hydrogen) atoms. The van der Waals surface area contributed by atoms with Crippen molar-refractivity contribution in [1.82, 2.24) is 4.98 Å². The zero-order chi connectivity index (χ0) is 15.5. The van der Waals surface area contributed by atoms with Gasteiger partial charge in [-0.1, -0.05) is 6.07 Å². The molecule has 0 radical (unpaired) electrons. The Balaban J connectivity index is 1.79. The van der Waals surface area contributed by atoms with Crippen LogP contribution >= 0.6 is 11.3 Å². The van der Waals surface area contributed by atoms with Crippen LogP contribution in [0.2, 0.25) is 0 Å². The number of aromatic nitrogens is 1. The minimum atomic E-state index is 0.640. The maximum absolute atomic E-state index is 8.85. The van der Waals surface area contributed by atoms with Crippen LogP contribution < -0.4 is 5.32 Å². The topological polar surface area (TPSA) is 61.9 Å². The molecule has 110 valence electrons. The van der Waals surface area contributed by atoms with Gasteiger partial charge in [-0.3, -0.25) is 0 Å². The van der Waals surface area contributed by atoms with Crippen LogP contribution in [0.25, 0.3) is 11.5 Å². The van der Waals surface area contributed by atoms with Crippen LogP contribution in [-0.4, -0.2) is 4.98 Å². The molecule has 3 rings (SSSR count). The van der Waals surface area contributed by atoms with Gasteiger partial charge in [0, 0.05) is 28.1 Å². The number of hydrogen-bond acceptors (Lipinski definition) is 5. The van der Waals surface area contributed by atoms with Gasteiger partial charge in [-0.05, 0) is 37.6 Å². The summed E-state index contributed by atoms with van der Waals surface area (Å²) in [6, 6.07) is 10.2. The zero-order valence-corrected chi connectivity index (χ0v) is 13.2. The molecule has 5 heteroatoms. The highest BCUT2D eigenvalue weighted by Crippen LogP contribution is 2.26. The molecule has 3 aromatic rings. The van der Waals surface area contributed by atoms with Crippen molar-refractivity contribution < 1.29 is 4.42 Å². The highest BCUT2D eigenvalue weighted by molar-refractivity contribution is 7.10. The molecule has 0 spiro atoms. The summed E-state index contributed by atoms with van der Waals surface area (Å²) in [5, 5.41) is 14.1. The van der Waals surface area contributed by atoms with Crippen molar-refractivity contribution in [2.24, 2.45) is 0 Å². The van der Waals surface area contributed by atoms with E-state index in [-0.39, 0.29) is 0 Å². The van der Waals surface area contributed by atoms with Gasteiger partial charge in [0.25, 0.3) is 0 Å². The summed E-state index contributed by atoms with van der Waals surface area (Å²) in [4.78, 5) is 5.52. The second-order valence-corrected chi connectivity index (χ2v) is 6.09. The Morgan fingerprint density at radius 2 is 2.18 bits per heavy atom. The SMILES string of the molecule is Cc1coc(-c2cc(NCc3cc(C#N)cs3)ccc2C)n1. The Morgan fingerprint density at radius 1 is 1.32 bits per heavy atom. The predicted octanol–water partition coefficient (Wildman–Crippen LogP) is 4.50. The van der Waals surface area contributed by atoms with Gasteiger partial charge in [0.15, 0.2) is 0 Å². The van der Waals surface area contributed by atoms with E-state index in [4.69, 9.17) is 9.68 Å². The summed E-state index contributed by atoms with van der Waals surface area (Å²) >= 11 is 1.58. The Kier molecular flexibility index (Phi) is 3.94. The molecule has 1 aromatic carbocycles. The normalized spacial score (nSPS) is 10.4. The lowest BCUT2D eigenvalue weighted by atomic mass is 10.1. The van der Waals surface area contributed by atoms with Gasteiger partial charge < -0.3 is 9.73 Å². The smallest absolute Gasteiger partial charge is 0.226 e. The average molecular weight is 309 g/mol. The van der Waals surface area contributed by atoms with E-state index in [2.05, 4.69) is 16.4 Å². The third kappa shape index (κ3) is 3.02. The van der Waals surface area contributed by atoms with Gasteiger partial charge in [-0.25, -0.2) is 4.98 Å². The molecule has 1 N–H and O–H groups in total. The van der Waals surface area contributed by atoms with Crippen LogP contribution in [0.3, 0.4) is 0 Å². The second-order valence-electron chi connectivity index (χ2n) is 5.09. The maximum atomic E-state index is 8.85. The molecular formula is C17H15N3OS. The Morgan fingerprint density at radius 3 is 2.86 bits per heavy atom. The molecule has 0 aliphatic carbocycles. The van der Waals surface area contributed by atoms with Crippen molar-refractivity contribution in [3.63, 3.8) is 0 Å². The number of nitrogens with zero attached hydrogens (tertiary/aromatic N) is 2. The fraction of sp³-hybridized carbons (Fsp3) is 0.176. The molecule has 0 saturated heterocycles. The summed E-state index contributed by atoms with van der Waals surface area (Å²) in [5.74, 6) is 0.640. The van der Waals surface area contributed by atoms with Crippen molar-refractivity contribution in [3.05, 3.63) is 57.6 Å². The standard InChI is InChI=1S/C17H15N3OS/c1-11-3-4-14(6-16(11)17-20-12(2)9-21-17)19-8-15-5-13(7-18)10-22-15/h3-6,9-10,19H,8H2,1-2H3. The van der Waals surface area contributed by atoms with E-state index in [0.717, 1.165) is 27.4 Å². The van der Waals surface area contributed by atoms with Crippen molar-refractivity contribution in [3.8, 4) is 17.5 Å². The first-order valence-corrected chi connectivity index (χ1v) is 7.78. The van der Waals surface area contributed by atoms with Gasteiger partial charge in [0.05, 0.1) is 11.3 Å². The van der Waals surface area contributed by atoms with Gasteiger partial charge in [0.1, 0.15) is 12.3 Å². The number of nitrogens with one attached hydrogen (secondary N) is 1. The molecule has 4 nitrogen and oxygen atoms in total. The number of nitriles is 1. The Labute approximate surface area is 133 Å². The maximum Gasteiger partial charge on any atom is 0.226 e. The largest absolute Gasteiger partial charge is 0.444 e. The summed E-state index contributed by atoms with van der Waals surface area (Å²) < 4.78 is 5.49. The first kappa shape index (κ1) is 14.4. The zero-order valence-electron chi connectivity index (χ0n) is 12.4. The van der Waals surface area contributed by atoms with E-state index in [1.54, 1.807) is 17.6 Å². The van der Waals surface area contributed by atoms with E-state index in [9.17, 15) is 0 Å². The van der Waals surface area contributed by atoms with Crippen LogP contribution in [0, 0.1) is 25.2 Å². The molecule has 0 atom stereocenters. The summed E-state index contributed by atoms with van der Waals surface area (Å²) in [5.41, 5.74) is 4.69. The molecule has 2 aromatic heterocycles. The number of benzene rings is 1. The van der Waals surface area contributed by atoms with E-state index >= 15 is 0 Å². The van der Waals surface area contributed by atoms with Crippen LogP contribution in [0.4, 0.5) is 5.69 Å². The third-order valence-corrected chi connectivity index (χ3v) is 4.27. The summed E-state index contributed by atoms with van der Waals surface area (Å²) in [6.07, 6.45) is 1.66. The van der Waals surface area contributed by atoms with Crippen molar-refractivity contribution in [1.29, 1.82) is 5.26 Å². The number of thiophene rings is 1.